The Bertz CT molecular complexity index is 249. The molecule has 0 bridgehead atoms. The van der Waals surface area contributed by atoms with Crippen LogP contribution in [0.2, 0.25) is 0 Å². The lowest BCUT2D eigenvalue weighted by atomic mass is 9.81. The zero-order valence-corrected chi connectivity index (χ0v) is 15.2. The number of rotatable bonds is 14. The van der Waals surface area contributed by atoms with E-state index in [2.05, 4.69) is 52.0 Å². The van der Waals surface area contributed by atoms with Gasteiger partial charge in [0.05, 0.1) is 0 Å². The van der Waals surface area contributed by atoms with Crippen molar-refractivity contribution in [1.29, 1.82) is 0 Å². The molecule has 0 saturated heterocycles. The summed E-state index contributed by atoms with van der Waals surface area (Å²) in [5.41, 5.74) is 0. The monoisotopic (exact) mass is 292 g/mol. The number of hydrogen-bond donors (Lipinski definition) is 0. The number of allylic oxidation sites excluding steroid dienone is 4. The molecule has 0 aliphatic heterocycles. The molecular weight excluding hydrogens is 252 g/mol. The van der Waals surface area contributed by atoms with Gasteiger partial charge in [-0.3, -0.25) is 0 Å². The van der Waals surface area contributed by atoms with Crippen LogP contribution < -0.4 is 0 Å². The van der Waals surface area contributed by atoms with Crippen molar-refractivity contribution in [3.63, 3.8) is 0 Å². The van der Waals surface area contributed by atoms with Gasteiger partial charge in [-0.25, -0.2) is 0 Å². The van der Waals surface area contributed by atoms with E-state index in [1.54, 1.807) is 0 Å². The van der Waals surface area contributed by atoms with Crippen LogP contribution in [0.1, 0.15) is 98.3 Å². The van der Waals surface area contributed by atoms with Crippen molar-refractivity contribution in [2.75, 3.05) is 0 Å². The molecule has 0 aliphatic carbocycles. The average molecular weight is 293 g/mol. The quantitative estimate of drug-likeness (QED) is 0.227. The number of hydrogen-bond acceptors (Lipinski definition) is 0. The molecule has 0 radical (unpaired) electrons. The molecule has 2 atom stereocenters. The predicted octanol–water partition coefficient (Wildman–Crippen LogP) is 7.70. The smallest absolute Gasteiger partial charge is 0.0202 e. The molecule has 0 aromatic carbocycles. The Balaban J connectivity index is 4.54. The zero-order valence-electron chi connectivity index (χ0n) is 15.2. The molecule has 0 heterocycles. The molecule has 21 heavy (non-hydrogen) atoms. The summed E-state index contributed by atoms with van der Waals surface area (Å²) in [7, 11) is 0. The Hall–Kier alpha value is -0.520. The minimum atomic E-state index is 0.800. The van der Waals surface area contributed by atoms with E-state index in [9.17, 15) is 0 Å². The van der Waals surface area contributed by atoms with Gasteiger partial charge in [0, 0.05) is 0 Å². The van der Waals surface area contributed by atoms with Crippen LogP contribution in [-0.4, -0.2) is 0 Å². The van der Waals surface area contributed by atoms with E-state index in [-0.39, 0.29) is 0 Å². The first-order valence-corrected chi connectivity index (χ1v) is 9.59. The average Bonchev–Trinajstić information content (AvgIpc) is 2.50. The lowest BCUT2D eigenvalue weighted by Crippen LogP contribution is -2.13. The Labute approximate surface area is 135 Å². The van der Waals surface area contributed by atoms with E-state index in [0.29, 0.717) is 0 Å². The van der Waals surface area contributed by atoms with Gasteiger partial charge in [-0.1, -0.05) is 96.4 Å². The second kappa shape index (κ2) is 15.9. The van der Waals surface area contributed by atoms with Crippen LogP contribution in [0.5, 0.6) is 0 Å². The topological polar surface area (TPSA) is 0 Å². The van der Waals surface area contributed by atoms with Gasteiger partial charge in [-0.05, 0) is 38.0 Å². The van der Waals surface area contributed by atoms with Crippen molar-refractivity contribution in [2.24, 2.45) is 11.8 Å². The van der Waals surface area contributed by atoms with Crippen LogP contribution in [0.4, 0.5) is 0 Å². The van der Waals surface area contributed by atoms with Crippen LogP contribution >= 0.6 is 0 Å². The van der Waals surface area contributed by atoms with E-state index in [1.807, 2.05) is 0 Å². The SMILES string of the molecule is CC=CC=CC(CCCC)C(CCCC)CCCCCC. The highest BCUT2D eigenvalue weighted by Crippen LogP contribution is 2.30. The highest BCUT2D eigenvalue weighted by molar-refractivity contribution is 5.04. The third-order valence-electron chi connectivity index (χ3n) is 4.52. The lowest BCUT2D eigenvalue weighted by molar-refractivity contribution is 0.305. The Kier molecular flexibility index (Phi) is 15.5. The third kappa shape index (κ3) is 11.8. The van der Waals surface area contributed by atoms with E-state index < -0.39 is 0 Å². The summed E-state index contributed by atoms with van der Waals surface area (Å²) in [6, 6.07) is 0. The first kappa shape index (κ1) is 20.5. The Morgan fingerprint density at radius 2 is 1.29 bits per heavy atom. The molecular formula is C21H40. The number of unbranched alkanes of at least 4 members (excludes halogenated alkanes) is 5. The maximum Gasteiger partial charge on any atom is -0.0202 e. The van der Waals surface area contributed by atoms with Crippen LogP contribution in [0, 0.1) is 11.8 Å². The van der Waals surface area contributed by atoms with E-state index in [0.717, 1.165) is 11.8 Å². The molecule has 2 unspecified atom stereocenters. The maximum atomic E-state index is 2.50. The maximum absolute atomic E-state index is 2.50. The van der Waals surface area contributed by atoms with E-state index in [4.69, 9.17) is 0 Å². The normalized spacial score (nSPS) is 15.0. The molecule has 0 aromatic rings. The molecule has 0 aliphatic rings. The van der Waals surface area contributed by atoms with Crippen LogP contribution in [0.25, 0.3) is 0 Å². The summed E-state index contributed by atoms with van der Waals surface area (Å²) in [6.45, 7) is 9.04. The molecule has 0 fully saturated rings. The zero-order chi connectivity index (χ0) is 15.8. The molecule has 0 spiro atoms. The minimum Gasteiger partial charge on any atom is -0.0877 e. The van der Waals surface area contributed by atoms with Crippen molar-refractivity contribution in [3.05, 3.63) is 24.3 Å². The fraction of sp³-hybridized carbons (Fsp3) is 0.810. The highest BCUT2D eigenvalue weighted by Gasteiger charge is 2.17. The van der Waals surface area contributed by atoms with Crippen LogP contribution in [-0.2, 0) is 0 Å². The Morgan fingerprint density at radius 3 is 1.90 bits per heavy atom. The van der Waals surface area contributed by atoms with Crippen LogP contribution in [0.15, 0.2) is 24.3 Å². The molecule has 124 valence electrons. The van der Waals surface area contributed by atoms with Gasteiger partial charge in [0.25, 0.3) is 0 Å². The standard InChI is InChI=1S/C21H40/c1-5-9-13-15-19-21(17-12-8-4)20(16-11-7-3)18-14-10-6-2/h6,10,14,18,20-21H,5,7-9,11-13,15-17,19H2,1-4H3. The molecule has 0 aromatic heterocycles. The van der Waals surface area contributed by atoms with Crippen molar-refractivity contribution >= 4 is 0 Å². The third-order valence-corrected chi connectivity index (χ3v) is 4.52. The van der Waals surface area contributed by atoms with Gasteiger partial charge < -0.3 is 0 Å². The predicted molar refractivity (Wildman–Crippen MR) is 98.7 cm³/mol. The van der Waals surface area contributed by atoms with Gasteiger partial charge in [0.1, 0.15) is 0 Å². The van der Waals surface area contributed by atoms with Gasteiger partial charge >= 0.3 is 0 Å². The molecule has 0 N–H and O–H groups in total. The summed E-state index contributed by atoms with van der Waals surface area (Å²) in [5.74, 6) is 1.71. The molecule has 0 nitrogen and oxygen atoms in total. The minimum absolute atomic E-state index is 0.800. The molecule has 0 saturated carbocycles. The summed E-state index contributed by atoms with van der Waals surface area (Å²) >= 11 is 0. The fourth-order valence-corrected chi connectivity index (χ4v) is 3.12. The molecule has 0 heteroatoms. The van der Waals surface area contributed by atoms with Crippen molar-refractivity contribution in [3.8, 4) is 0 Å². The van der Waals surface area contributed by atoms with E-state index >= 15 is 0 Å². The molecule has 0 amide bonds. The van der Waals surface area contributed by atoms with Gasteiger partial charge in [0.15, 0.2) is 0 Å². The van der Waals surface area contributed by atoms with Crippen molar-refractivity contribution in [1.82, 2.24) is 0 Å². The van der Waals surface area contributed by atoms with Gasteiger partial charge in [-0.2, -0.15) is 0 Å². The van der Waals surface area contributed by atoms with E-state index in [1.165, 1.54) is 70.6 Å². The fourth-order valence-electron chi connectivity index (χ4n) is 3.12. The summed E-state index contributed by atoms with van der Waals surface area (Å²) in [4.78, 5) is 0. The first-order valence-electron chi connectivity index (χ1n) is 9.59. The van der Waals surface area contributed by atoms with Gasteiger partial charge in [0.2, 0.25) is 0 Å². The van der Waals surface area contributed by atoms with Crippen molar-refractivity contribution < 1.29 is 0 Å². The summed E-state index contributed by atoms with van der Waals surface area (Å²) in [5, 5.41) is 0. The summed E-state index contributed by atoms with van der Waals surface area (Å²) < 4.78 is 0. The summed E-state index contributed by atoms with van der Waals surface area (Å²) in [6.07, 6.45) is 24.4. The second-order valence-corrected chi connectivity index (χ2v) is 6.47. The largest absolute Gasteiger partial charge is 0.0877 e. The first-order chi connectivity index (χ1) is 10.3. The van der Waals surface area contributed by atoms with Crippen molar-refractivity contribution in [2.45, 2.75) is 98.3 Å². The molecule has 0 rings (SSSR count). The Morgan fingerprint density at radius 1 is 0.667 bits per heavy atom. The highest BCUT2D eigenvalue weighted by atomic mass is 14.2. The van der Waals surface area contributed by atoms with Crippen LogP contribution in [0.3, 0.4) is 0 Å². The van der Waals surface area contributed by atoms with Gasteiger partial charge in [-0.15, -0.1) is 0 Å². The lowest BCUT2D eigenvalue weighted by Gasteiger charge is -2.25. The second-order valence-electron chi connectivity index (χ2n) is 6.47.